The molecule has 2 aliphatic rings. The van der Waals surface area contributed by atoms with Crippen LogP contribution < -0.4 is 5.56 Å². The normalized spacial score (nSPS) is 19.5. The van der Waals surface area contributed by atoms with Crippen molar-refractivity contribution in [2.75, 3.05) is 40.3 Å². The number of hydrogen-bond acceptors (Lipinski definition) is 7. The number of aromatic nitrogens is 2. The molecule has 0 radical (unpaired) electrons. The maximum atomic E-state index is 13.5. The summed E-state index contributed by atoms with van der Waals surface area (Å²) in [5.74, 6) is -0.157. The van der Waals surface area contributed by atoms with Crippen molar-refractivity contribution in [3.63, 3.8) is 0 Å². The number of carbonyl (C=O) groups excluding carboxylic acids is 1. The fourth-order valence-electron chi connectivity index (χ4n) is 4.62. The minimum atomic E-state index is -3.83. The molecule has 9 nitrogen and oxygen atoms in total. The van der Waals surface area contributed by atoms with Crippen LogP contribution in [0.2, 0.25) is 0 Å². The maximum Gasteiger partial charge on any atom is 0.263 e. The monoisotopic (exact) mass is 481 g/mol. The molecular weight excluding hydrogens is 450 g/mol. The topological polar surface area (TPSA) is 95.8 Å². The summed E-state index contributed by atoms with van der Waals surface area (Å²) in [4.78, 5) is 35.4. The second-order valence-corrected chi connectivity index (χ2v) is 11.9. The molecule has 1 aliphatic carbocycles. The Morgan fingerprint density at radius 1 is 1.19 bits per heavy atom. The molecule has 2 aromatic rings. The molecule has 3 heterocycles. The van der Waals surface area contributed by atoms with Crippen molar-refractivity contribution in [1.29, 1.82) is 0 Å². The van der Waals surface area contributed by atoms with Crippen LogP contribution in [0.5, 0.6) is 0 Å². The Morgan fingerprint density at radius 3 is 2.50 bits per heavy atom. The Balaban J connectivity index is 1.66. The Hall–Kier alpha value is -1.82. The molecule has 2 fully saturated rings. The van der Waals surface area contributed by atoms with E-state index in [0.717, 1.165) is 25.7 Å². The number of likely N-dealkylation sites (N-methyl/N-ethyl adjacent to an activating group) is 2. The van der Waals surface area contributed by atoms with Crippen molar-refractivity contribution >= 4 is 37.5 Å². The SMILES string of the molecule is Cc1sc2ncn(CC(=O)N(C)C3CCCCC3)c(=O)c2c1S(=O)(=O)N1CCN(C)CC1. The third-order valence-electron chi connectivity index (χ3n) is 6.68. The third-order valence-corrected chi connectivity index (χ3v) is 9.89. The number of sulfonamides is 1. The van der Waals surface area contributed by atoms with E-state index in [2.05, 4.69) is 9.88 Å². The van der Waals surface area contributed by atoms with Crippen LogP contribution in [0.3, 0.4) is 0 Å². The van der Waals surface area contributed by atoms with Crippen LogP contribution in [0, 0.1) is 6.92 Å². The summed E-state index contributed by atoms with van der Waals surface area (Å²) in [6.45, 7) is 3.62. The first-order valence-corrected chi connectivity index (χ1v) is 13.4. The van der Waals surface area contributed by atoms with Crippen LogP contribution >= 0.6 is 11.3 Å². The second-order valence-electron chi connectivity index (χ2n) is 8.85. The van der Waals surface area contributed by atoms with Gasteiger partial charge in [-0.05, 0) is 26.8 Å². The van der Waals surface area contributed by atoms with Crippen LogP contribution in [0.4, 0.5) is 0 Å². The highest BCUT2D eigenvalue weighted by Gasteiger charge is 2.33. The number of thiophene rings is 1. The Kier molecular flexibility index (Phi) is 6.71. The van der Waals surface area contributed by atoms with Gasteiger partial charge in [-0.3, -0.25) is 14.2 Å². The second kappa shape index (κ2) is 9.20. The van der Waals surface area contributed by atoms with Gasteiger partial charge in [-0.25, -0.2) is 13.4 Å². The molecule has 0 unspecified atom stereocenters. The number of aryl methyl sites for hydroxylation is 1. The molecule has 1 amide bonds. The number of rotatable bonds is 5. The van der Waals surface area contributed by atoms with Gasteiger partial charge in [-0.15, -0.1) is 11.3 Å². The number of fused-ring (bicyclic) bond motifs is 1. The number of hydrogen-bond donors (Lipinski definition) is 0. The molecule has 0 atom stereocenters. The van der Waals surface area contributed by atoms with Crippen LogP contribution in [0.1, 0.15) is 37.0 Å². The van der Waals surface area contributed by atoms with E-state index < -0.39 is 15.6 Å². The number of carbonyl (C=O) groups is 1. The summed E-state index contributed by atoms with van der Waals surface area (Å²) in [6, 6.07) is 0.195. The molecular formula is C21H31N5O4S2. The maximum absolute atomic E-state index is 13.5. The summed E-state index contributed by atoms with van der Waals surface area (Å²) in [7, 11) is -0.0897. The largest absolute Gasteiger partial charge is 0.341 e. The standard InChI is InChI=1S/C21H31N5O4S2/c1-15-19(32(29,30)26-11-9-23(2)10-12-26)18-20(31-15)22-14-25(21(18)28)13-17(27)24(3)16-7-5-4-6-8-16/h14,16H,4-13H2,1-3H3. The zero-order valence-corrected chi connectivity index (χ0v) is 20.5. The molecule has 2 aromatic heterocycles. The average molecular weight is 482 g/mol. The molecule has 11 heteroatoms. The van der Waals surface area contributed by atoms with E-state index in [1.165, 1.54) is 33.0 Å². The van der Waals surface area contributed by atoms with Crippen LogP contribution in [-0.4, -0.2) is 84.3 Å². The molecule has 0 aromatic carbocycles. The lowest BCUT2D eigenvalue weighted by Gasteiger charge is -2.31. The fourth-order valence-corrected chi connectivity index (χ4v) is 7.71. The molecule has 0 spiro atoms. The van der Waals surface area contributed by atoms with Gasteiger partial charge in [0.25, 0.3) is 5.56 Å². The third kappa shape index (κ3) is 4.35. The van der Waals surface area contributed by atoms with Gasteiger partial charge in [-0.2, -0.15) is 4.31 Å². The zero-order chi connectivity index (χ0) is 23.0. The molecule has 176 valence electrons. The van der Waals surface area contributed by atoms with E-state index in [1.54, 1.807) is 18.9 Å². The first kappa shape index (κ1) is 23.3. The summed E-state index contributed by atoms with van der Waals surface area (Å²) in [5.41, 5.74) is -0.475. The van der Waals surface area contributed by atoms with Crippen molar-refractivity contribution in [3.8, 4) is 0 Å². The quantitative estimate of drug-likeness (QED) is 0.642. The van der Waals surface area contributed by atoms with Crippen LogP contribution in [-0.2, 0) is 21.4 Å². The predicted molar refractivity (Wildman–Crippen MR) is 125 cm³/mol. The van der Waals surface area contributed by atoms with Gasteiger partial charge in [-0.1, -0.05) is 19.3 Å². The summed E-state index contributed by atoms with van der Waals surface area (Å²) in [5, 5.41) is 0.0991. The smallest absolute Gasteiger partial charge is 0.263 e. The first-order chi connectivity index (χ1) is 15.2. The van der Waals surface area contributed by atoms with Gasteiger partial charge in [0.05, 0.1) is 11.7 Å². The molecule has 1 saturated heterocycles. The highest BCUT2D eigenvalue weighted by molar-refractivity contribution is 7.89. The lowest BCUT2D eigenvalue weighted by molar-refractivity contribution is -0.133. The summed E-state index contributed by atoms with van der Waals surface area (Å²) >= 11 is 1.20. The minimum Gasteiger partial charge on any atom is -0.341 e. The molecule has 1 aliphatic heterocycles. The molecule has 32 heavy (non-hydrogen) atoms. The van der Waals surface area contributed by atoms with Gasteiger partial charge >= 0.3 is 0 Å². The number of piperazine rings is 1. The Bertz CT molecular complexity index is 1160. The van der Waals surface area contributed by atoms with Gasteiger partial charge in [0.1, 0.15) is 16.3 Å². The lowest BCUT2D eigenvalue weighted by atomic mass is 9.94. The van der Waals surface area contributed by atoms with Crippen LogP contribution in [0.25, 0.3) is 10.2 Å². The van der Waals surface area contributed by atoms with Crippen molar-refractivity contribution in [1.82, 2.24) is 23.7 Å². The van der Waals surface area contributed by atoms with E-state index in [-0.39, 0.29) is 28.8 Å². The Labute approximate surface area is 192 Å². The summed E-state index contributed by atoms with van der Waals surface area (Å²) in [6.07, 6.45) is 6.73. The van der Waals surface area contributed by atoms with Gasteiger partial charge in [0, 0.05) is 44.1 Å². The van der Waals surface area contributed by atoms with E-state index in [0.29, 0.717) is 35.9 Å². The van der Waals surface area contributed by atoms with Gasteiger partial charge in [0.2, 0.25) is 15.9 Å². The average Bonchev–Trinajstić information content (AvgIpc) is 3.13. The lowest BCUT2D eigenvalue weighted by Crippen LogP contribution is -2.47. The number of nitrogens with zero attached hydrogens (tertiary/aromatic N) is 5. The van der Waals surface area contributed by atoms with Gasteiger partial charge < -0.3 is 9.80 Å². The van der Waals surface area contributed by atoms with Crippen molar-refractivity contribution in [3.05, 3.63) is 21.6 Å². The Morgan fingerprint density at radius 2 is 1.84 bits per heavy atom. The van der Waals surface area contributed by atoms with E-state index in [4.69, 9.17) is 0 Å². The molecule has 1 saturated carbocycles. The molecule has 4 rings (SSSR count). The highest BCUT2D eigenvalue weighted by atomic mass is 32.2. The van der Waals surface area contributed by atoms with E-state index in [1.807, 2.05) is 7.05 Å². The summed E-state index contributed by atoms with van der Waals surface area (Å²) < 4.78 is 29.6. The van der Waals surface area contributed by atoms with Crippen molar-refractivity contribution in [2.45, 2.75) is 56.5 Å². The zero-order valence-electron chi connectivity index (χ0n) is 18.9. The van der Waals surface area contributed by atoms with Crippen molar-refractivity contribution < 1.29 is 13.2 Å². The predicted octanol–water partition coefficient (Wildman–Crippen LogP) is 1.49. The first-order valence-electron chi connectivity index (χ1n) is 11.1. The van der Waals surface area contributed by atoms with Gasteiger partial charge in [0.15, 0.2) is 0 Å². The van der Waals surface area contributed by atoms with Crippen LogP contribution in [0.15, 0.2) is 16.0 Å². The number of amides is 1. The molecule has 0 bridgehead atoms. The molecule has 0 N–H and O–H groups in total. The van der Waals surface area contributed by atoms with E-state index in [9.17, 15) is 18.0 Å². The van der Waals surface area contributed by atoms with Crippen molar-refractivity contribution in [2.24, 2.45) is 0 Å². The fraction of sp³-hybridized carbons (Fsp3) is 0.667. The van der Waals surface area contributed by atoms with E-state index >= 15 is 0 Å². The minimum absolute atomic E-state index is 0.0435. The highest BCUT2D eigenvalue weighted by Crippen LogP contribution is 2.33.